The minimum Gasteiger partial charge on any atom is -1.00 e. The van der Waals surface area contributed by atoms with E-state index in [9.17, 15) is 0 Å². The van der Waals surface area contributed by atoms with Gasteiger partial charge in [0.15, 0.2) is 0 Å². The molecule has 4 aromatic carbocycles. The molecular formula is C25H22AuClP. The van der Waals surface area contributed by atoms with E-state index in [4.69, 9.17) is 0 Å². The Labute approximate surface area is 190 Å². The molecule has 4 rings (SSSR count). The Bertz CT molecular complexity index is 848. The zero-order chi connectivity index (χ0) is 17.7. The number of rotatable bonds is 5. The predicted molar refractivity (Wildman–Crippen MR) is 115 cm³/mol. The third-order valence-corrected chi connectivity index (χ3v) is 9.23. The molecule has 28 heavy (non-hydrogen) atoms. The molecule has 0 aliphatic rings. The summed E-state index contributed by atoms with van der Waals surface area (Å²) in [5, 5.41) is 4.30. The maximum Gasteiger partial charge on any atom is 0.116 e. The molecule has 3 heteroatoms. The average molecular weight is 586 g/mol. The van der Waals surface area contributed by atoms with Gasteiger partial charge >= 0.3 is 0 Å². The van der Waals surface area contributed by atoms with Crippen molar-refractivity contribution in [3.8, 4) is 0 Å². The van der Waals surface area contributed by atoms with Crippen molar-refractivity contribution in [3.63, 3.8) is 0 Å². The molecule has 1 radical (unpaired) electrons. The zero-order valence-electron chi connectivity index (χ0n) is 15.4. The van der Waals surface area contributed by atoms with E-state index in [1.807, 2.05) is 0 Å². The summed E-state index contributed by atoms with van der Waals surface area (Å²) in [4.78, 5) is 0. The van der Waals surface area contributed by atoms with Crippen LogP contribution in [-0.4, -0.2) is 0 Å². The van der Waals surface area contributed by atoms with Crippen LogP contribution < -0.4 is 28.3 Å². The molecule has 0 nitrogen and oxygen atoms in total. The van der Waals surface area contributed by atoms with Gasteiger partial charge in [0.1, 0.15) is 23.2 Å². The molecule has 0 fully saturated rings. The third kappa shape index (κ3) is 4.66. The molecule has 145 valence electrons. The number of hydrogen-bond acceptors (Lipinski definition) is 0. The first kappa shape index (κ1) is 22.6. The van der Waals surface area contributed by atoms with Crippen molar-refractivity contribution in [1.29, 1.82) is 0 Å². The van der Waals surface area contributed by atoms with Gasteiger partial charge in [-0.15, -0.1) is 0 Å². The van der Waals surface area contributed by atoms with E-state index in [1.165, 1.54) is 21.5 Å². The summed E-state index contributed by atoms with van der Waals surface area (Å²) in [5.74, 6) is 0. The van der Waals surface area contributed by atoms with Crippen LogP contribution in [0.15, 0.2) is 121 Å². The average Bonchev–Trinajstić information content (AvgIpc) is 2.75. The van der Waals surface area contributed by atoms with E-state index < -0.39 is 7.26 Å². The summed E-state index contributed by atoms with van der Waals surface area (Å²) >= 11 is 0. The van der Waals surface area contributed by atoms with Gasteiger partial charge in [-0.1, -0.05) is 84.9 Å². The van der Waals surface area contributed by atoms with Crippen molar-refractivity contribution in [2.24, 2.45) is 0 Å². The van der Waals surface area contributed by atoms with Gasteiger partial charge in [0, 0.05) is 22.4 Å². The standard InChI is InChI=1S/C25H22P.Au.ClH/c1-5-13-22(14-6-1)21-26(23-15-7-2-8-16-23,24-17-9-3-10-18-24)25-19-11-4-12-20-25;;/h1-20H,21H2;;1H/q+1;;/p-1. The molecular weight excluding hydrogens is 564 g/mol. The maximum absolute atomic E-state index is 2.30. The number of halogens is 1. The Morgan fingerprint density at radius 2 is 0.714 bits per heavy atom. The van der Waals surface area contributed by atoms with Crippen molar-refractivity contribution in [2.45, 2.75) is 6.16 Å². The normalized spacial score (nSPS) is 10.4. The first-order chi connectivity index (χ1) is 12.9. The second-order valence-electron chi connectivity index (χ2n) is 6.46. The van der Waals surface area contributed by atoms with E-state index in [-0.39, 0.29) is 34.8 Å². The Morgan fingerprint density at radius 1 is 0.429 bits per heavy atom. The van der Waals surface area contributed by atoms with Gasteiger partial charge in [0.05, 0.1) is 6.16 Å². The molecule has 0 bridgehead atoms. The molecule has 0 saturated heterocycles. The first-order valence-corrected chi connectivity index (χ1v) is 11.0. The molecule has 0 aliphatic heterocycles. The summed E-state index contributed by atoms with van der Waals surface area (Å²) in [6, 6.07) is 44.0. The van der Waals surface area contributed by atoms with E-state index in [0.717, 1.165) is 6.16 Å². The van der Waals surface area contributed by atoms with E-state index in [2.05, 4.69) is 121 Å². The van der Waals surface area contributed by atoms with Gasteiger partial charge in [0.25, 0.3) is 0 Å². The van der Waals surface area contributed by atoms with Gasteiger partial charge in [-0.3, -0.25) is 0 Å². The zero-order valence-corrected chi connectivity index (χ0v) is 19.2. The molecule has 4 aromatic rings. The molecule has 0 saturated carbocycles. The molecule has 0 aromatic heterocycles. The SMILES string of the molecule is [Au].[Cl-].c1ccc(C[P+](c2ccccc2)(c2ccccc2)c2ccccc2)cc1. The van der Waals surface area contributed by atoms with Crippen LogP contribution in [0.3, 0.4) is 0 Å². The number of benzene rings is 4. The number of hydrogen-bond donors (Lipinski definition) is 0. The van der Waals surface area contributed by atoms with Gasteiger partial charge < -0.3 is 12.4 Å². The largest absolute Gasteiger partial charge is 1.00 e. The predicted octanol–water partition coefficient (Wildman–Crippen LogP) is 2.18. The fourth-order valence-electron chi connectivity index (χ4n) is 3.63. The summed E-state index contributed by atoms with van der Waals surface area (Å²) in [5.41, 5.74) is 1.39. The van der Waals surface area contributed by atoms with E-state index >= 15 is 0 Å². The minimum absolute atomic E-state index is 0. The molecule has 0 atom stereocenters. The van der Waals surface area contributed by atoms with Crippen LogP contribution in [0.4, 0.5) is 0 Å². The quantitative estimate of drug-likeness (QED) is 0.249. The molecule has 0 N–H and O–H groups in total. The van der Waals surface area contributed by atoms with Crippen LogP contribution in [0, 0.1) is 0 Å². The Morgan fingerprint density at radius 3 is 1.04 bits per heavy atom. The smallest absolute Gasteiger partial charge is 0.116 e. The van der Waals surface area contributed by atoms with Crippen molar-refractivity contribution in [2.75, 3.05) is 0 Å². The van der Waals surface area contributed by atoms with Gasteiger partial charge in [-0.05, 0) is 42.0 Å². The molecule has 0 unspecified atom stereocenters. The van der Waals surface area contributed by atoms with Gasteiger partial charge in [0.2, 0.25) is 0 Å². The van der Waals surface area contributed by atoms with Crippen molar-refractivity contribution in [3.05, 3.63) is 127 Å². The van der Waals surface area contributed by atoms with E-state index in [1.54, 1.807) is 0 Å². The second kappa shape index (κ2) is 10.8. The fraction of sp³-hybridized carbons (Fsp3) is 0.0400. The molecule has 0 aliphatic carbocycles. The van der Waals surface area contributed by atoms with Crippen molar-refractivity contribution >= 4 is 23.2 Å². The van der Waals surface area contributed by atoms with Crippen LogP contribution in [0.5, 0.6) is 0 Å². The molecule has 0 spiro atoms. The molecule has 0 amide bonds. The topological polar surface area (TPSA) is 0 Å². The Balaban J connectivity index is 0.00000140. The summed E-state index contributed by atoms with van der Waals surface area (Å²) in [7, 11) is -1.78. The summed E-state index contributed by atoms with van der Waals surface area (Å²) < 4.78 is 0. The Hall–Kier alpha value is -1.66. The summed E-state index contributed by atoms with van der Waals surface area (Å²) in [6.07, 6.45) is 1.03. The fourth-order valence-corrected chi connectivity index (χ4v) is 7.87. The minimum atomic E-state index is -1.78. The van der Waals surface area contributed by atoms with Crippen molar-refractivity contribution in [1.82, 2.24) is 0 Å². The molecule has 0 heterocycles. The Kier molecular flexibility index (Phi) is 8.70. The van der Waals surface area contributed by atoms with E-state index in [0.29, 0.717) is 0 Å². The second-order valence-corrected chi connectivity index (χ2v) is 9.95. The van der Waals surface area contributed by atoms with Gasteiger partial charge in [-0.2, -0.15) is 0 Å². The van der Waals surface area contributed by atoms with Crippen LogP contribution in [-0.2, 0) is 28.5 Å². The van der Waals surface area contributed by atoms with Gasteiger partial charge in [-0.25, -0.2) is 0 Å². The van der Waals surface area contributed by atoms with Crippen LogP contribution in [0.1, 0.15) is 5.56 Å². The van der Waals surface area contributed by atoms with Crippen LogP contribution in [0.25, 0.3) is 0 Å². The monoisotopic (exact) mass is 585 g/mol. The van der Waals surface area contributed by atoms with Crippen molar-refractivity contribution < 1.29 is 34.8 Å². The van der Waals surface area contributed by atoms with Crippen LogP contribution >= 0.6 is 7.26 Å². The maximum atomic E-state index is 2.30. The van der Waals surface area contributed by atoms with Crippen LogP contribution in [0.2, 0.25) is 0 Å². The third-order valence-electron chi connectivity index (χ3n) is 4.85. The summed E-state index contributed by atoms with van der Waals surface area (Å²) in [6.45, 7) is 0. The first-order valence-electron chi connectivity index (χ1n) is 8.98.